The van der Waals surface area contributed by atoms with E-state index >= 15 is 0 Å². The molecule has 0 spiro atoms. The first-order chi connectivity index (χ1) is 6.04. The molecule has 0 fully saturated rings. The summed E-state index contributed by atoms with van der Waals surface area (Å²) in [6, 6.07) is 5.02. The molecule has 0 unspecified atom stereocenters. The van der Waals surface area contributed by atoms with E-state index in [-0.39, 0.29) is 17.2 Å². The third-order valence-electron chi connectivity index (χ3n) is 1.95. The fourth-order valence-electron chi connectivity index (χ4n) is 1.23. The number of primary amides is 1. The maximum absolute atomic E-state index is 10.9. The van der Waals surface area contributed by atoms with Gasteiger partial charge in [0.1, 0.15) is 5.75 Å². The van der Waals surface area contributed by atoms with Gasteiger partial charge in [-0.1, -0.05) is 26.0 Å². The van der Waals surface area contributed by atoms with Crippen molar-refractivity contribution in [3.63, 3.8) is 0 Å². The molecule has 0 radical (unpaired) electrons. The van der Waals surface area contributed by atoms with Crippen molar-refractivity contribution < 1.29 is 9.90 Å². The number of hydrogen-bond acceptors (Lipinski definition) is 2. The van der Waals surface area contributed by atoms with Crippen LogP contribution in [0.2, 0.25) is 0 Å². The summed E-state index contributed by atoms with van der Waals surface area (Å²) < 4.78 is 0. The van der Waals surface area contributed by atoms with Crippen molar-refractivity contribution in [2.75, 3.05) is 0 Å². The lowest BCUT2D eigenvalue weighted by atomic mass is 9.99. The van der Waals surface area contributed by atoms with Crippen LogP contribution < -0.4 is 5.73 Å². The van der Waals surface area contributed by atoms with Gasteiger partial charge in [0.2, 0.25) is 0 Å². The zero-order valence-corrected chi connectivity index (χ0v) is 7.74. The minimum atomic E-state index is -0.597. The van der Waals surface area contributed by atoms with E-state index in [0.29, 0.717) is 0 Å². The van der Waals surface area contributed by atoms with Gasteiger partial charge < -0.3 is 10.8 Å². The Labute approximate surface area is 77.2 Å². The van der Waals surface area contributed by atoms with Crippen LogP contribution in [0.25, 0.3) is 0 Å². The van der Waals surface area contributed by atoms with E-state index in [1.807, 2.05) is 13.8 Å². The summed E-state index contributed by atoms with van der Waals surface area (Å²) in [5, 5.41) is 9.63. The first kappa shape index (κ1) is 9.58. The molecule has 1 aromatic carbocycles. The van der Waals surface area contributed by atoms with Crippen LogP contribution in [-0.4, -0.2) is 11.0 Å². The van der Waals surface area contributed by atoms with Gasteiger partial charge in [-0.15, -0.1) is 0 Å². The molecule has 3 N–H and O–H groups in total. The van der Waals surface area contributed by atoms with Crippen molar-refractivity contribution in [2.45, 2.75) is 19.8 Å². The predicted octanol–water partition coefficient (Wildman–Crippen LogP) is 1.61. The maximum Gasteiger partial charge on any atom is 0.252 e. The van der Waals surface area contributed by atoms with Crippen molar-refractivity contribution in [3.8, 4) is 5.75 Å². The first-order valence-electron chi connectivity index (χ1n) is 4.15. The number of aromatic hydroxyl groups is 1. The molecular formula is C10H13NO2. The van der Waals surface area contributed by atoms with E-state index in [1.165, 1.54) is 6.07 Å². The van der Waals surface area contributed by atoms with Crippen LogP contribution >= 0.6 is 0 Å². The number of amides is 1. The summed E-state index contributed by atoms with van der Waals surface area (Å²) in [4.78, 5) is 10.9. The molecule has 0 aromatic heterocycles. The smallest absolute Gasteiger partial charge is 0.252 e. The van der Waals surface area contributed by atoms with Gasteiger partial charge in [0, 0.05) is 0 Å². The Bertz CT molecular complexity index is 332. The second-order valence-electron chi connectivity index (χ2n) is 3.26. The highest BCUT2D eigenvalue weighted by molar-refractivity contribution is 5.95. The molecule has 0 aliphatic carbocycles. The van der Waals surface area contributed by atoms with E-state index in [2.05, 4.69) is 0 Å². The Hall–Kier alpha value is -1.51. The van der Waals surface area contributed by atoms with E-state index in [9.17, 15) is 9.90 Å². The maximum atomic E-state index is 10.9. The van der Waals surface area contributed by atoms with Crippen LogP contribution in [-0.2, 0) is 0 Å². The largest absolute Gasteiger partial charge is 0.507 e. The summed E-state index contributed by atoms with van der Waals surface area (Å²) >= 11 is 0. The molecule has 1 amide bonds. The van der Waals surface area contributed by atoms with E-state index in [1.54, 1.807) is 12.1 Å². The Morgan fingerprint density at radius 2 is 2.08 bits per heavy atom. The lowest BCUT2D eigenvalue weighted by Crippen LogP contribution is -2.11. The zero-order valence-electron chi connectivity index (χ0n) is 7.74. The molecule has 0 saturated carbocycles. The third kappa shape index (κ3) is 1.80. The molecule has 0 heterocycles. The van der Waals surface area contributed by atoms with E-state index in [4.69, 9.17) is 5.73 Å². The van der Waals surface area contributed by atoms with Crippen LogP contribution in [0.5, 0.6) is 5.75 Å². The summed E-state index contributed by atoms with van der Waals surface area (Å²) in [5.74, 6) is -0.413. The van der Waals surface area contributed by atoms with Crippen molar-refractivity contribution in [2.24, 2.45) is 5.73 Å². The normalized spacial score (nSPS) is 10.4. The summed E-state index contributed by atoms with van der Waals surface area (Å²) in [7, 11) is 0. The van der Waals surface area contributed by atoms with Crippen molar-refractivity contribution in [3.05, 3.63) is 29.3 Å². The molecule has 3 heteroatoms. The van der Waals surface area contributed by atoms with Gasteiger partial charge in [-0.2, -0.15) is 0 Å². The monoisotopic (exact) mass is 179 g/mol. The van der Waals surface area contributed by atoms with Gasteiger partial charge in [0.15, 0.2) is 0 Å². The van der Waals surface area contributed by atoms with Crippen LogP contribution in [0, 0.1) is 0 Å². The average Bonchev–Trinajstić information content (AvgIpc) is 2.03. The minimum absolute atomic E-state index is 0.00463. The molecule has 70 valence electrons. The lowest BCUT2D eigenvalue weighted by molar-refractivity contribution is 0.0997. The number of nitrogens with two attached hydrogens (primary N) is 1. The lowest BCUT2D eigenvalue weighted by Gasteiger charge is -2.09. The highest BCUT2D eigenvalue weighted by atomic mass is 16.3. The second kappa shape index (κ2) is 3.47. The number of rotatable bonds is 2. The average molecular weight is 179 g/mol. The second-order valence-corrected chi connectivity index (χ2v) is 3.26. The molecule has 1 aromatic rings. The number of carbonyl (C=O) groups is 1. The molecule has 0 aliphatic heterocycles. The fraction of sp³-hybridized carbons (Fsp3) is 0.300. The van der Waals surface area contributed by atoms with Gasteiger partial charge in [-0.05, 0) is 17.5 Å². The number of phenols is 1. The molecule has 0 atom stereocenters. The molecule has 3 nitrogen and oxygen atoms in total. The minimum Gasteiger partial charge on any atom is -0.507 e. The predicted molar refractivity (Wildman–Crippen MR) is 50.7 cm³/mol. The Balaban J connectivity index is 3.26. The van der Waals surface area contributed by atoms with Crippen LogP contribution in [0.1, 0.15) is 35.7 Å². The summed E-state index contributed by atoms with van der Waals surface area (Å²) in [5.41, 5.74) is 6.02. The number of carbonyl (C=O) groups excluding carboxylic acids is 1. The van der Waals surface area contributed by atoms with Crippen LogP contribution in [0.4, 0.5) is 0 Å². The molecule has 0 saturated heterocycles. The van der Waals surface area contributed by atoms with Gasteiger partial charge in [-0.3, -0.25) is 4.79 Å². The third-order valence-corrected chi connectivity index (χ3v) is 1.95. The van der Waals surface area contributed by atoms with E-state index < -0.39 is 5.91 Å². The molecule has 0 bridgehead atoms. The summed E-state index contributed by atoms with van der Waals surface area (Å²) in [6.45, 7) is 3.89. The Kier molecular flexibility index (Phi) is 2.56. The van der Waals surface area contributed by atoms with Gasteiger partial charge in [-0.25, -0.2) is 0 Å². The number of benzene rings is 1. The van der Waals surface area contributed by atoms with Crippen LogP contribution in [0.3, 0.4) is 0 Å². The van der Waals surface area contributed by atoms with Gasteiger partial charge in [0.05, 0.1) is 5.56 Å². The van der Waals surface area contributed by atoms with Crippen molar-refractivity contribution >= 4 is 5.91 Å². The van der Waals surface area contributed by atoms with E-state index in [0.717, 1.165) is 5.56 Å². The quantitative estimate of drug-likeness (QED) is 0.724. The first-order valence-corrected chi connectivity index (χ1v) is 4.15. The standard InChI is InChI=1S/C10H13NO2/c1-6(2)7-4-3-5-8(9(7)12)10(11)13/h3-6,12H,1-2H3,(H2,11,13). The molecule has 0 aliphatic rings. The summed E-state index contributed by atoms with van der Waals surface area (Å²) in [6.07, 6.45) is 0. The SMILES string of the molecule is CC(C)c1cccc(C(N)=O)c1O. The molecule has 1 rings (SSSR count). The molecular weight excluding hydrogens is 166 g/mol. The van der Waals surface area contributed by atoms with Crippen molar-refractivity contribution in [1.82, 2.24) is 0 Å². The highest BCUT2D eigenvalue weighted by Crippen LogP contribution is 2.28. The Morgan fingerprint density at radius 3 is 2.54 bits per heavy atom. The van der Waals surface area contributed by atoms with Crippen LogP contribution in [0.15, 0.2) is 18.2 Å². The highest BCUT2D eigenvalue weighted by Gasteiger charge is 2.12. The van der Waals surface area contributed by atoms with Gasteiger partial charge in [0.25, 0.3) is 5.91 Å². The fourth-order valence-corrected chi connectivity index (χ4v) is 1.23. The Morgan fingerprint density at radius 1 is 1.46 bits per heavy atom. The molecule has 13 heavy (non-hydrogen) atoms. The zero-order chi connectivity index (χ0) is 10.0. The van der Waals surface area contributed by atoms with Gasteiger partial charge >= 0.3 is 0 Å². The van der Waals surface area contributed by atoms with Crippen molar-refractivity contribution in [1.29, 1.82) is 0 Å². The topological polar surface area (TPSA) is 63.3 Å². The number of hydrogen-bond donors (Lipinski definition) is 2. The number of para-hydroxylation sites is 1.